The van der Waals surface area contributed by atoms with E-state index in [0.29, 0.717) is 19.6 Å². The maximum Gasteiger partial charge on any atom is 0.223 e. The number of amides is 2. The lowest BCUT2D eigenvalue weighted by molar-refractivity contribution is -0.134. The lowest BCUT2D eigenvalue weighted by Gasteiger charge is -2.32. The largest absolute Gasteiger partial charge is 0.497 e. The fraction of sp³-hybridized carbons (Fsp3) is 0.619. The van der Waals surface area contributed by atoms with Crippen LogP contribution in [0.3, 0.4) is 0 Å². The van der Waals surface area contributed by atoms with Crippen LogP contribution >= 0.6 is 0 Å². The van der Waals surface area contributed by atoms with Crippen LogP contribution in [0.2, 0.25) is 0 Å². The summed E-state index contributed by atoms with van der Waals surface area (Å²) < 4.78 is 5.38. The molecule has 0 spiro atoms. The van der Waals surface area contributed by atoms with Gasteiger partial charge in [-0.1, -0.05) is 12.1 Å². The lowest BCUT2D eigenvalue weighted by Crippen LogP contribution is -2.44. The maximum absolute atomic E-state index is 12.7. The van der Waals surface area contributed by atoms with E-state index in [2.05, 4.69) is 22.3 Å². The molecule has 0 aromatic heterocycles. The van der Waals surface area contributed by atoms with Crippen molar-refractivity contribution in [1.82, 2.24) is 15.1 Å². The van der Waals surface area contributed by atoms with E-state index in [9.17, 15) is 9.59 Å². The molecule has 2 fully saturated rings. The first-order valence-electron chi connectivity index (χ1n) is 9.99. The molecule has 1 N–H and O–H groups in total. The van der Waals surface area contributed by atoms with Crippen LogP contribution in [0.15, 0.2) is 24.3 Å². The molecular formula is C21H31N3O3. The summed E-state index contributed by atoms with van der Waals surface area (Å²) in [4.78, 5) is 28.4. The molecule has 2 aliphatic rings. The van der Waals surface area contributed by atoms with E-state index in [1.54, 1.807) is 14.0 Å². The van der Waals surface area contributed by atoms with E-state index >= 15 is 0 Å². The highest BCUT2D eigenvalue weighted by Gasteiger charge is 2.28. The molecule has 148 valence electrons. The first-order chi connectivity index (χ1) is 13.1. The van der Waals surface area contributed by atoms with E-state index in [1.165, 1.54) is 18.4 Å². The van der Waals surface area contributed by atoms with Crippen molar-refractivity contribution in [3.05, 3.63) is 29.8 Å². The number of rotatable bonds is 6. The normalized spacial score (nSPS) is 19.7. The number of hydrogen-bond acceptors (Lipinski definition) is 4. The van der Waals surface area contributed by atoms with Gasteiger partial charge >= 0.3 is 0 Å². The molecule has 0 saturated carbocycles. The number of likely N-dealkylation sites (tertiary alicyclic amines) is 2. The Bertz CT molecular complexity index is 650. The predicted octanol–water partition coefficient (Wildman–Crippen LogP) is 2.21. The monoisotopic (exact) mass is 373 g/mol. The van der Waals surface area contributed by atoms with Crippen LogP contribution in [0.4, 0.5) is 0 Å². The van der Waals surface area contributed by atoms with Crippen molar-refractivity contribution < 1.29 is 14.3 Å². The fourth-order valence-electron chi connectivity index (χ4n) is 4.16. The molecule has 2 heterocycles. The number of ether oxygens (including phenoxy) is 1. The summed E-state index contributed by atoms with van der Waals surface area (Å²) in [7, 11) is 1.68. The van der Waals surface area contributed by atoms with Crippen molar-refractivity contribution in [1.29, 1.82) is 0 Å². The molecule has 0 radical (unpaired) electrons. The zero-order chi connectivity index (χ0) is 19.2. The van der Waals surface area contributed by atoms with Gasteiger partial charge in [-0.3, -0.25) is 14.5 Å². The summed E-state index contributed by atoms with van der Waals surface area (Å²) in [6, 6.07) is 8.32. The number of methoxy groups -OCH3 is 1. The van der Waals surface area contributed by atoms with Crippen LogP contribution in [0.25, 0.3) is 0 Å². The minimum atomic E-state index is 0.00476. The van der Waals surface area contributed by atoms with Crippen LogP contribution in [-0.2, 0) is 9.59 Å². The molecule has 0 aliphatic carbocycles. The van der Waals surface area contributed by atoms with E-state index in [-0.39, 0.29) is 23.8 Å². The average molecular weight is 373 g/mol. The number of nitrogens with zero attached hydrogens (tertiary/aromatic N) is 2. The Morgan fingerprint density at radius 3 is 2.52 bits per heavy atom. The summed E-state index contributed by atoms with van der Waals surface area (Å²) in [5.74, 6) is 1.07. The Labute approximate surface area is 161 Å². The van der Waals surface area contributed by atoms with Gasteiger partial charge in [0.2, 0.25) is 11.8 Å². The molecule has 1 atom stereocenters. The van der Waals surface area contributed by atoms with Gasteiger partial charge in [-0.2, -0.15) is 0 Å². The van der Waals surface area contributed by atoms with Gasteiger partial charge in [0.1, 0.15) is 5.75 Å². The van der Waals surface area contributed by atoms with Crippen molar-refractivity contribution in [3.8, 4) is 5.75 Å². The molecule has 27 heavy (non-hydrogen) atoms. The third-order valence-corrected chi connectivity index (χ3v) is 5.84. The molecule has 1 aromatic rings. The van der Waals surface area contributed by atoms with Crippen LogP contribution in [0, 0.1) is 5.92 Å². The quantitative estimate of drug-likeness (QED) is 0.830. The second-order valence-electron chi connectivity index (χ2n) is 7.56. The van der Waals surface area contributed by atoms with Crippen molar-refractivity contribution in [2.45, 2.75) is 38.6 Å². The molecule has 0 bridgehead atoms. The highest BCUT2D eigenvalue weighted by Crippen LogP contribution is 2.27. The topological polar surface area (TPSA) is 61.9 Å². The number of carbonyl (C=O) groups is 2. The number of carbonyl (C=O) groups excluding carboxylic acids is 2. The second kappa shape index (κ2) is 9.22. The summed E-state index contributed by atoms with van der Waals surface area (Å²) >= 11 is 0. The van der Waals surface area contributed by atoms with E-state index in [0.717, 1.165) is 31.7 Å². The van der Waals surface area contributed by atoms with Gasteiger partial charge in [-0.05, 0) is 56.5 Å². The minimum Gasteiger partial charge on any atom is -0.497 e. The van der Waals surface area contributed by atoms with Gasteiger partial charge < -0.3 is 15.0 Å². The van der Waals surface area contributed by atoms with Crippen molar-refractivity contribution in [3.63, 3.8) is 0 Å². The smallest absolute Gasteiger partial charge is 0.223 e. The van der Waals surface area contributed by atoms with Crippen molar-refractivity contribution >= 4 is 11.8 Å². The number of hydrogen-bond donors (Lipinski definition) is 1. The Morgan fingerprint density at radius 1 is 1.19 bits per heavy atom. The van der Waals surface area contributed by atoms with Crippen LogP contribution < -0.4 is 10.1 Å². The van der Waals surface area contributed by atoms with Crippen molar-refractivity contribution in [2.24, 2.45) is 5.92 Å². The van der Waals surface area contributed by atoms with E-state index < -0.39 is 0 Å². The van der Waals surface area contributed by atoms with Crippen LogP contribution in [-0.4, -0.2) is 61.4 Å². The molecule has 3 rings (SSSR count). The molecule has 1 aromatic carbocycles. The van der Waals surface area contributed by atoms with Gasteiger partial charge in [-0.25, -0.2) is 0 Å². The summed E-state index contributed by atoms with van der Waals surface area (Å²) in [6.45, 7) is 5.69. The second-order valence-corrected chi connectivity index (χ2v) is 7.56. The molecule has 6 nitrogen and oxygen atoms in total. The van der Waals surface area contributed by atoms with Gasteiger partial charge in [-0.15, -0.1) is 0 Å². The van der Waals surface area contributed by atoms with Crippen molar-refractivity contribution in [2.75, 3.05) is 39.8 Å². The highest BCUT2D eigenvalue weighted by atomic mass is 16.5. The number of nitrogens with one attached hydrogen (secondary N) is 1. The third-order valence-electron chi connectivity index (χ3n) is 5.84. The van der Waals surface area contributed by atoms with Gasteiger partial charge in [0.15, 0.2) is 0 Å². The van der Waals surface area contributed by atoms with Gasteiger partial charge in [0.05, 0.1) is 13.2 Å². The van der Waals surface area contributed by atoms with E-state index in [1.807, 2.05) is 17.0 Å². The SMILES string of the molecule is COc1cccc(C(CNC(=O)C2CCN(C(C)=O)CC2)N2CCCC2)c1. The van der Waals surface area contributed by atoms with E-state index in [4.69, 9.17) is 4.74 Å². The molecule has 1 unspecified atom stereocenters. The third kappa shape index (κ3) is 5.01. The van der Waals surface area contributed by atoms with Crippen LogP contribution in [0.1, 0.15) is 44.2 Å². The number of piperidine rings is 1. The summed E-state index contributed by atoms with van der Waals surface area (Å²) in [5.41, 5.74) is 1.18. The molecule has 6 heteroatoms. The Hall–Kier alpha value is -2.08. The molecule has 2 saturated heterocycles. The molecule has 2 amide bonds. The first-order valence-corrected chi connectivity index (χ1v) is 9.99. The Balaban J connectivity index is 1.61. The van der Waals surface area contributed by atoms with Gasteiger partial charge in [0, 0.05) is 32.5 Å². The standard InChI is InChI=1S/C21H31N3O3/c1-16(25)23-12-8-17(9-13-23)21(26)22-15-20(24-10-3-4-11-24)18-6-5-7-19(14-18)27-2/h5-7,14,17,20H,3-4,8-13,15H2,1-2H3,(H,22,26). The highest BCUT2D eigenvalue weighted by molar-refractivity contribution is 5.79. The average Bonchev–Trinajstić information content (AvgIpc) is 3.22. The zero-order valence-electron chi connectivity index (χ0n) is 16.4. The Morgan fingerprint density at radius 2 is 1.89 bits per heavy atom. The fourth-order valence-corrected chi connectivity index (χ4v) is 4.16. The number of benzene rings is 1. The molecular weight excluding hydrogens is 342 g/mol. The predicted molar refractivity (Wildman–Crippen MR) is 105 cm³/mol. The van der Waals surface area contributed by atoms with Gasteiger partial charge in [0.25, 0.3) is 0 Å². The lowest BCUT2D eigenvalue weighted by atomic mass is 9.95. The zero-order valence-corrected chi connectivity index (χ0v) is 16.4. The summed E-state index contributed by atoms with van der Waals surface area (Å²) in [5, 5.41) is 3.18. The maximum atomic E-state index is 12.7. The first kappa shape index (κ1) is 19.7. The van der Waals surface area contributed by atoms with Crippen LogP contribution in [0.5, 0.6) is 5.75 Å². The minimum absolute atomic E-state index is 0.00476. The molecule has 2 aliphatic heterocycles. The Kier molecular flexibility index (Phi) is 6.72. The summed E-state index contributed by atoms with van der Waals surface area (Å²) in [6.07, 6.45) is 3.91.